The van der Waals surface area contributed by atoms with Gasteiger partial charge in [0.2, 0.25) is 0 Å². The molecule has 0 aliphatic heterocycles. The Morgan fingerprint density at radius 2 is 1.96 bits per heavy atom. The third-order valence-corrected chi connectivity index (χ3v) is 4.43. The number of carbonyl (C=O) groups excluding carboxylic acids is 1. The van der Waals surface area contributed by atoms with E-state index in [4.69, 9.17) is 9.15 Å². The molecule has 0 saturated carbocycles. The van der Waals surface area contributed by atoms with Crippen LogP contribution in [0.1, 0.15) is 33.3 Å². The number of aliphatic hydroxyl groups excluding tert-OH is 1. The molecule has 1 amide bonds. The highest BCUT2D eigenvalue weighted by Gasteiger charge is 2.34. The number of fused-ring (bicyclic) bond motifs is 1. The first-order valence-electron chi connectivity index (χ1n) is 8.42. The van der Waals surface area contributed by atoms with Crippen LogP contribution in [0.3, 0.4) is 0 Å². The number of furan rings is 1. The molecular formula is C20H18F3NO4. The number of hydrogen-bond donors (Lipinski definition) is 2. The van der Waals surface area contributed by atoms with Crippen molar-refractivity contribution >= 4 is 16.9 Å². The molecule has 2 aromatic carbocycles. The van der Waals surface area contributed by atoms with Gasteiger partial charge < -0.3 is 19.6 Å². The minimum Gasteiger partial charge on any atom is -0.497 e. The van der Waals surface area contributed by atoms with Crippen LogP contribution in [0, 0.1) is 6.92 Å². The summed E-state index contributed by atoms with van der Waals surface area (Å²) >= 11 is 0. The van der Waals surface area contributed by atoms with Gasteiger partial charge in [0.1, 0.15) is 11.3 Å². The summed E-state index contributed by atoms with van der Waals surface area (Å²) in [6.07, 6.45) is -6.12. The fourth-order valence-electron chi connectivity index (χ4n) is 2.97. The molecule has 0 fully saturated rings. The van der Waals surface area contributed by atoms with Crippen molar-refractivity contribution in [1.29, 1.82) is 0 Å². The molecule has 1 aromatic heterocycles. The number of nitrogens with one attached hydrogen (secondary N) is 1. The zero-order chi connectivity index (χ0) is 20.5. The number of methoxy groups -OCH3 is 1. The standard InChI is InChI=1S/C20H18F3NO4/c1-11-14-9-12(27-2)7-8-17(14)28-18(11)19(26)24-10-16(25)13-5-3-4-6-15(13)20(21,22)23/h3-9,16,25H,10H2,1-2H3,(H,24,26). The lowest BCUT2D eigenvalue weighted by Crippen LogP contribution is -2.29. The van der Waals surface area contributed by atoms with E-state index >= 15 is 0 Å². The van der Waals surface area contributed by atoms with Crippen LogP contribution in [0.4, 0.5) is 13.2 Å². The van der Waals surface area contributed by atoms with Crippen LogP contribution >= 0.6 is 0 Å². The van der Waals surface area contributed by atoms with Crippen LogP contribution < -0.4 is 10.1 Å². The molecule has 3 rings (SSSR count). The Balaban J connectivity index is 1.78. The summed E-state index contributed by atoms with van der Waals surface area (Å²) in [6, 6.07) is 9.77. The van der Waals surface area contributed by atoms with Crippen molar-refractivity contribution in [2.24, 2.45) is 0 Å². The second kappa shape index (κ2) is 7.55. The summed E-state index contributed by atoms with van der Waals surface area (Å²) in [5.41, 5.74) is -0.201. The Morgan fingerprint density at radius 3 is 2.64 bits per heavy atom. The lowest BCUT2D eigenvalue weighted by molar-refractivity contribution is -0.139. The molecule has 1 unspecified atom stereocenters. The highest BCUT2D eigenvalue weighted by atomic mass is 19.4. The summed E-state index contributed by atoms with van der Waals surface area (Å²) in [4.78, 5) is 12.4. The van der Waals surface area contributed by atoms with Gasteiger partial charge in [0.25, 0.3) is 5.91 Å². The average molecular weight is 393 g/mol. The van der Waals surface area contributed by atoms with Gasteiger partial charge in [0, 0.05) is 17.5 Å². The summed E-state index contributed by atoms with van der Waals surface area (Å²) in [7, 11) is 1.52. The molecule has 8 heteroatoms. The van der Waals surface area contributed by atoms with Gasteiger partial charge in [-0.2, -0.15) is 13.2 Å². The molecule has 0 radical (unpaired) electrons. The fraction of sp³-hybridized carbons (Fsp3) is 0.250. The van der Waals surface area contributed by atoms with Crippen molar-refractivity contribution in [2.75, 3.05) is 13.7 Å². The van der Waals surface area contributed by atoms with Crippen molar-refractivity contribution in [1.82, 2.24) is 5.32 Å². The van der Waals surface area contributed by atoms with E-state index in [-0.39, 0.29) is 11.3 Å². The monoisotopic (exact) mass is 393 g/mol. The molecule has 5 nitrogen and oxygen atoms in total. The molecule has 3 aromatic rings. The van der Waals surface area contributed by atoms with E-state index in [1.54, 1.807) is 25.1 Å². The maximum atomic E-state index is 13.1. The largest absolute Gasteiger partial charge is 0.497 e. The van der Waals surface area contributed by atoms with Crippen LogP contribution in [-0.2, 0) is 6.18 Å². The van der Waals surface area contributed by atoms with Gasteiger partial charge >= 0.3 is 6.18 Å². The van der Waals surface area contributed by atoms with Gasteiger partial charge in [0.15, 0.2) is 5.76 Å². The van der Waals surface area contributed by atoms with Crippen LogP contribution in [0.2, 0.25) is 0 Å². The molecule has 2 N–H and O–H groups in total. The smallest absolute Gasteiger partial charge is 0.416 e. The van der Waals surface area contributed by atoms with Gasteiger partial charge in [-0.25, -0.2) is 0 Å². The molecule has 0 bridgehead atoms. The number of ether oxygens (including phenoxy) is 1. The highest BCUT2D eigenvalue weighted by Crippen LogP contribution is 2.34. The summed E-state index contributed by atoms with van der Waals surface area (Å²) < 4.78 is 49.9. The van der Waals surface area contributed by atoms with Gasteiger partial charge in [0.05, 0.1) is 18.8 Å². The summed E-state index contributed by atoms with van der Waals surface area (Å²) in [5.74, 6) is -0.00157. The Hall–Kier alpha value is -3.00. The Kier molecular flexibility index (Phi) is 5.33. The summed E-state index contributed by atoms with van der Waals surface area (Å²) in [6.45, 7) is 1.29. The Labute approximate surface area is 158 Å². The quantitative estimate of drug-likeness (QED) is 0.681. The zero-order valence-corrected chi connectivity index (χ0v) is 15.1. The number of amides is 1. The third kappa shape index (κ3) is 3.82. The van der Waals surface area contributed by atoms with Gasteiger partial charge in [-0.15, -0.1) is 0 Å². The maximum Gasteiger partial charge on any atom is 0.416 e. The second-order valence-corrected chi connectivity index (χ2v) is 6.23. The number of hydrogen-bond acceptors (Lipinski definition) is 4. The number of rotatable bonds is 5. The summed E-state index contributed by atoms with van der Waals surface area (Å²) in [5, 5.41) is 13.3. The molecule has 28 heavy (non-hydrogen) atoms. The number of benzene rings is 2. The van der Waals surface area contributed by atoms with E-state index in [1.165, 1.54) is 25.3 Å². The van der Waals surface area contributed by atoms with Crippen molar-refractivity contribution in [3.8, 4) is 5.75 Å². The SMILES string of the molecule is COc1ccc2oc(C(=O)NCC(O)c3ccccc3C(F)(F)F)c(C)c2c1. The first kappa shape index (κ1) is 19.8. The topological polar surface area (TPSA) is 71.7 Å². The number of carbonyl (C=O) groups is 1. The predicted octanol–water partition coefficient (Wildman–Crippen LogP) is 4.23. The minimum absolute atomic E-state index is 0.0274. The normalized spacial score (nSPS) is 12.8. The Bertz CT molecular complexity index is 1010. The van der Waals surface area contributed by atoms with E-state index in [2.05, 4.69) is 5.32 Å². The molecule has 0 saturated heterocycles. The van der Waals surface area contributed by atoms with E-state index in [1.807, 2.05) is 0 Å². The molecule has 0 spiro atoms. The number of alkyl halides is 3. The van der Waals surface area contributed by atoms with Gasteiger partial charge in [-0.3, -0.25) is 4.79 Å². The number of aryl methyl sites for hydroxylation is 1. The number of halogens is 3. The molecular weight excluding hydrogens is 375 g/mol. The van der Waals surface area contributed by atoms with Crippen molar-refractivity contribution < 1.29 is 32.2 Å². The van der Waals surface area contributed by atoms with Gasteiger partial charge in [-0.1, -0.05) is 18.2 Å². The van der Waals surface area contributed by atoms with Crippen LogP contribution in [0.15, 0.2) is 46.9 Å². The molecule has 0 aliphatic carbocycles. The third-order valence-electron chi connectivity index (χ3n) is 4.43. The molecule has 1 atom stereocenters. The van der Waals surface area contributed by atoms with Crippen molar-refractivity contribution in [3.05, 3.63) is 64.9 Å². The predicted molar refractivity (Wildman–Crippen MR) is 96.2 cm³/mol. The second-order valence-electron chi connectivity index (χ2n) is 6.23. The van der Waals surface area contributed by atoms with Crippen LogP contribution in [-0.4, -0.2) is 24.7 Å². The molecule has 148 valence electrons. The van der Waals surface area contributed by atoms with E-state index < -0.39 is 30.3 Å². The van der Waals surface area contributed by atoms with E-state index in [9.17, 15) is 23.1 Å². The van der Waals surface area contributed by atoms with Crippen molar-refractivity contribution in [2.45, 2.75) is 19.2 Å². The first-order valence-corrected chi connectivity index (χ1v) is 8.42. The van der Waals surface area contributed by atoms with Crippen molar-refractivity contribution in [3.63, 3.8) is 0 Å². The molecule has 1 heterocycles. The van der Waals surface area contributed by atoms with Crippen LogP contribution in [0.5, 0.6) is 5.75 Å². The maximum absolute atomic E-state index is 13.1. The van der Waals surface area contributed by atoms with Gasteiger partial charge in [-0.05, 0) is 36.8 Å². The zero-order valence-electron chi connectivity index (χ0n) is 15.1. The average Bonchev–Trinajstić information content (AvgIpc) is 3.01. The van der Waals surface area contributed by atoms with Crippen LogP contribution in [0.25, 0.3) is 11.0 Å². The van der Waals surface area contributed by atoms with E-state index in [0.29, 0.717) is 22.3 Å². The van der Waals surface area contributed by atoms with E-state index in [0.717, 1.165) is 6.07 Å². The molecule has 0 aliphatic rings. The Morgan fingerprint density at radius 1 is 1.25 bits per heavy atom. The lowest BCUT2D eigenvalue weighted by Gasteiger charge is -2.17. The fourth-order valence-corrected chi connectivity index (χ4v) is 2.97. The lowest BCUT2D eigenvalue weighted by atomic mass is 10.0. The number of aliphatic hydroxyl groups is 1. The first-order chi connectivity index (χ1) is 13.2. The highest BCUT2D eigenvalue weighted by molar-refractivity contribution is 5.99. The minimum atomic E-state index is -4.60.